The molecule has 0 saturated heterocycles. The number of hydrogen-bond donors (Lipinski definition) is 3. The van der Waals surface area contributed by atoms with E-state index >= 15 is 0 Å². The highest BCUT2D eigenvalue weighted by Gasteiger charge is 2.26. The molecule has 112 valence electrons. The lowest BCUT2D eigenvalue weighted by atomic mass is 10.2. The predicted molar refractivity (Wildman–Crippen MR) is 82.0 cm³/mol. The first-order valence-corrected chi connectivity index (χ1v) is 9.09. The highest BCUT2D eigenvalue weighted by molar-refractivity contribution is 8.55. The van der Waals surface area contributed by atoms with Gasteiger partial charge in [-0.05, 0) is 38.1 Å². The number of rotatable bonds is 4. The van der Waals surface area contributed by atoms with Gasteiger partial charge in [-0.1, -0.05) is 12.1 Å². The molecular formula is C14H15O5PS. The Bertz CT molecular complexity index is 659. The summed E-state index contributed by atoms with van der Waals surface area (Å²) in [6, 6.07) is 9.22. The summed E-state index contributed by atoms with van der Waals surface area (Å²) < 4.78 is 17.4. The second-order valence-corrected chi connectivity index (χ2v) is 8.13. The fourth-order valence-electron chi connectivity index (χ4n) is 1.67. The summed E-state index contributed by atoms with van der Waals surface area (Å²) in [4.78, 5) is 10.4. The highest BCUT2D eigenvalue weighted by atomic mass is 32.7. The van der Waals surface area contributed by atoms with Gasteiger partial charge in [-0.15, -0.1) is 0 Å². The summed E-state index contributed by atoms with van der Waals surface area (Å²) in [5.41, 5.74) is 0.896. The SMILES string of the molecule is Cc1c(O)cccc1OP(=O)(O)Sc1cccc(O)c1C. The third kappa shape index (κ3) is 3.73. The van der Waals surface area contributed by atoms with Gasteiger partial charge in [0.2, 0.25) is 0 Å². The minimum atomic E-state index is -4.04. The summed E-state index contributed by atoms with van der Waals surface area (Å²) in [5, 5.41) is 19.2. The van der Waals surface area contributed by atoms with Crippen LogP contribution in [-0.2, 0) is 4.57 Å². The Morgan fingerprint density at radius 3 is 2.24 bits per heavy atom. The van der Waals surface area contributed by atoms with Gasteiger partial charge >= 0.3 is 6.80 Å². The first-order valence-electron chi connectivity index (χ1n) is 6.09. The van der Waals surface area contributed by atoms with Crippen LogP contribution in [0, 0.1) is 13.8 Å². The Morgan fingerprint density at radius 1 is 1.00 bits per heavy atom. The van der Waals surface area contributed by atoms with Crippen molar-refractivity contribution in [2.45, 2.75) is 18.7 Å². The van der Waals surface area contributed by atoms with E-state index in [1.165, 1.54) is 24.3 Å². The van der Waals surface area contributed by atoms with E-state index in [1.807, 2.05) is 0 Å². The van der Waals surface area contributed by atoms with Crippen LogP contribution >= 0.6 is 18.2 Å². The van der Waals surface area contributed by atoms with E-state index < -0.39 is 6.80 Å². The van der Waals surface area contributed by atoms with Crippen molar-refractivity contribution in [3.8, 4) is 17.2 Å². The average molecular weight is 326 g/mol. The van der Waals surface area contributed by atoms with E-state index in [-0.39, 0.29) is 17.2 Å². The van der Waals surface area contributed by atoms with Gasteiger partial charge in [0.05, 0.1) is 0 Å². The molecule has 0 aliphatic rings. The molecule has 21 heavy (non-hydrogen) atoms. The second kappa shape index (κ2) is 6.02. The van der Waals surface area contributed by atoms with Crippen LogP contribution in [0.4, 0.5) is 0 Å². The van der Waals surface area contributed by atoms with Crippen LogP contribution in [0.25, 0.3) is 0 Å². The van der Waals surface area contributed by atoms with Crippen molar-refractivity contribution in [3.63, 3.8) is 0 Å². The van der Waals surface area contributed by atoms with E-state index in [2.05, 4.69) is 0 Å². The minimum absolute atomic E-state index is 0.00830. The molecule has 1 atom stereocenters. The average Bonchev–Trinajstić information content (AvgIpc) is 2.40. The highest BCUT2D eigenvalue weighted by Crippen LogP contribution is 2.60. The standard InChI is InChI=1S/C14H15O5PS/c1-9-11(15)5-3-7-13(9)19-20(17,18)21-14-8-4-6-12(16)10(14)2/h3-8,15-16H,1-2H3,(H,17,18). The summed E-state index contributed by atoms with van der Waals surface area (Å²) in [7, 11) is 0. The zero-order chi connectivity index (χ0) is 15.6. The Hall–Kier alpha value is -1.62. The molecule has 0 amide bonds. The van der Waals surface area contributed by atoms with Gasteiger partial charge in [0, 0.05) is 27.4 Å². The molecule has 2 rings (SSSR count). The molecule has 0 aromatic heterocycles. The third-order valence-electron chi connectivity index (χ3n) is 2.94. The fraction of sp³-hybridized carbons (Fsp3) is 0.143. The maximum absolute atomic E-state index is 12.2. The monoisotopic (exact) mass is 326 g/mol. The van der Waals surface area contributed by atoms with Crippen LogP contribution in [0.3, 0.4) is 0 Å². The second-order valence-electron chi connectivity index (χ2n) is 4.45. The van der Waals surface area contributed by atoms with Crippen LogP contribution < -0.4 is 4.52 Å². The van der Waals surface area contributed by atoms with Crippen molar-refractivity contribution in [2.75, 3.05) is 0 Å². The summed E-state index contributed by atoms with van der Waals surface area (Å²) >= 11 is 0.643. The Morgan fingerprint density at radius 2 is 1.57 bits per heavy atom. The number of phenolic OH excluding ortho intramolecular Hbond substituents is 2. The van der Waals surface area contributed by atoms with Crippen molar-refractivity contribution in [3.05, 3.63) is 47.5 Å². The third-order valence-corrected chi connectivity index (χ3v) is 5.74. The number of benzene rings is 2. The van der Waals surface area contributed by atoms with Gasteiger partial charge in [0.15, 0.2) is 0 Å². The summed E-state index contributed by atoms with van der Waals surface area (Å²) in [6.07, 6.45) is 0. The van der Waals surface area contributed by atoms with Gasteiger partial charge in [-0.2, -0.15) is 0 Å². The van der Waals surface area contributed by atoms with Crippen molar-refractivity contribution in [1.82, 2.24) is 0 Å². The van der Waals surface area contributed by atoms with Gasteiger partial charge in [-0.25, -0.2) is 4.57 Å². The fourth-order valence-corrected chi connectivity index (χ4v) is 4.48. The van der Waals surface area contributed by atoms with Crippen LogP contribution in [0.1, 0.15) is 11.1 Å². The summed E-state index contributed by atoms with van der Waals surface area (Å²) in [5.74, 6) is 0.186. The molecule has 0 heterocycles. The maximum atomic E-state index is 12.2. The van der Waals surface area contributed by atoms with E-state index in [1.54, 1.807) is 26.0 Å². The number of aromatic hydroxyl groups is 2. The molecule has 0 bridgehead atoms. The van der Waals surface area contributed by atoms with E-state index in [0.717, 1.165) is 0 Å². The molecule has 0 fully saturated rings. The van der Waals surface area contributed by atoms with Gasteiger partial charge < -0.3 is 19.6 Å². The van der Waals surface area contributed by atoms with Crippen LogP contribution in [0.15, 0.2) is 41.3 Å². The molecular weight excluding hydrogens is 311 g/mol. The van der Waals surface area contributed by atoms with Gasteiger partial charge in [0.1, 0.15) is 17.2 Å². The van der Waals surface area contributed by atoms with Crippen molar-refractivity contribution in [2.24, 2.45) is 0 Å². The molecule has 5 nitrogen and oxygen atoms in total. The molecule has 2 aromatic rings. The van der Waals surface area contributed by atoms with E-state index in [0.29, 0.717) is 27.4 Å². The molecule has 0 saturated carbocycles. The molecule has 0 radical (unpaired) electrons. The van der Waals surface area contributed by atoms with Crippen LogP contribution in [0.5, 0.6) is 17.2 Å². The smallest absolute Gasteiger partial charge is 0.442 e. The molecule has 0 spiro atoms. The molecule has 3 N–H and O–H groups in total. The topological polar surface area (TPSA) is 87.0 Å². The first kappa shape index (κ1) is 15.8. The van der Waals surface area contributed by atoms with Crippen molar-refractivity contribution in [1.29, 1.82) is 0 Å². The molecule has 2 aromatic carbocycles. The largest absolute Gasteiger partial charge is 0.508 e. The maximum Gasteiger partial charge on any atom is 0.442 e. The predicted octanol–water partition coefficient (Wildman–Crippen LogP) is 3.99. The Balaban J connectivity index is 2.25. The quantitative estimate of drug-likeness (QED) is 0.737. The first-order chi connectivity index (χ1) is 9.80. The number of phenols is 2. The molecule has 0 aliphatic heterocycles. The summed E-state index contributed by atoms with van der Waals surface area (Å²) in [6.45, 7) is -0.793. The lowest BCUT2D eigenvalue weighted by Crippen LogP contribution is -1.92. The van der Waals surface area contributed by atoms with Crippen molar-refractivity contribution < 1.29 is 24.2 Å². The van der Waals surface area contributed by atoms with Crippen LogP contribution in [-0.4, -0.2) is 15.1 Å². The van der Waals surface area contributed by atoms with Gasteiger partial charge in [0.25, 0.3) is 0 Å². The zero-order valence-electron chi connectivity index (χ0n) is 11.5. The lowest BCUT2D eigenvalue weighted by Gasteiger charge is -2.15. The minimum Gasteiger partial charge on any atom is -0.508 e. The lowest BCUT2D eigenvalue weighted by molar-refractivity contribution is 0.398. The molecule has 1 unspecified atom stereocenters. The molecule has 7 heteroatoms. The van der Waals surface area contributed by atoms with Crippen LogP contribution in [0.2, 0.25) is 0 Å². The normalized spacial score (nSPS) is 13.7. The van der Waals surface area contributed by atoms with E-state index in [4.69, 9.17) is 4.52 Å². The molecule has 0 aliphatic carbocycles. The Labute approximate surface area is 126 Å². The Kier molecular flexibility index (Phi) is 4.52. The van der Waals surface area contributed by atoms with E-state index in [9.17, 15) is 19.7 Å². The van der Waals surface area contributed by atoms with Crippen molar-refractivity contribution >= 4 is 18.2 Å². The van der Waals surface area contributed by atoms with Gasteiger partial charge in [-0.3, -0.25) is 0 Å². The number of hydrogen-bond acceptors (Lipinski definition) is 5. The zero-order valence-corrected chi connectivity index (χ0v) is 13.2.